The number of H-pyrrole nitrogens is 1. The van der Waals surface area contributed by atoms with Crippen LogP contribution >= 0.6 is 0 Å². The van der Waals surface area contributed by atoms with Gasteiger partial charge in [-0.3, -0.25) is 15.1 Å². The Balaban J connectivity index is 1.78. The lowest BCUT2D eigenvalue weighted by Crippen LogP contribution is -2.29. The molecule has 0 aliphatic rings. The van der Waals surface area contributed by atoms with Crippen LogP contribution in [0.25, 0.3) is 5.95 Å². The van der Waals surface area contributed by atoms with Crippen LogP contribution in [-0.4, -0.2) is 25.8 Å². The highest BCUT2D eigenvalue weighted by Crippen LogP contribution is 2.14. The van der Waals surface area contributed by atoms with E-state index in [2.05, 4.69) is 25.7 Å². The summed E-state index contributed by atoms with van der Waals surface area (Å²) in [5.74, 6) is 0.251. The Bertz CT molecular complexity index is 1060. The minimum atomic E-state index is -0.463. The topological polar surface area (TPSA) is 105 Å². The number of hydrogen-bond donors (Lipinski definition) is 3. The minimum Gasteiger partial charge on any atom is -0.334 e. The van der Waals surface area contributed by atoms with E-state index in [9.17, 15) is 14.0 Å². The van der Waals surface area contributed by atoms with Crippen LogP contribution in [0.2, 0.25) is 0 Å². The van der Waals surface area contributed by atoms with Gasteiger partial charge in [0, 0.05) is 23.9 Å². The molecule has 0 bridgehead atoms. The fraction of sp³-hybridized carbons (Fsp3) is 0.263. The summed E-state index contributed by atoms with van der Waals surface area (Å²) in [5, 5.41) is 9.68. The molecule has 0 spiro atoms. The van der Waals surface area contributed by atoms with Crippen LogP contribution in [0.3, 0.4) is 0 Å². The van der Waals surface area contributed by atoms with E-state index in [1.807, 2.05) is 6.92 Å². The van der Waals surface area contributed by atoms with E-state index in [1.165, 1.54) is 16.8 Å². The second-order valence-corrected chi connectivity index (χ2v) is 6.32. The van der Waals surface area contributed by atoms with Gasteiger partial charge in [0.1, 0.15) is 11.6 Å². The summed E-state index contributed by atoms with van der Waals surface area (Å²) in [4.78, 5) is 31.6. The maximum absolute atomic E-state index is 12.9. The van der Waals surface area contributed by atoms with E-state index in [0.29, 0.717) is 29.2 Å². The lowest BCUT2D eigenvalue weighted by atomic mass is 10.2. The first kappa shape index (κ1) is 19.3. The maximum atomic E-state index is 12.9. The van der Waals surface area contributed by atoms with Crippen LogP contribution < -0.4 is 16.2 Å². The zero-order valence-electron chi connectivity index (χ0n) is 15.8. The zero-order chi connectivity index (χ0) is 20.3. The highest BCUT2D eigenvalue weighted by atomic mass is 19.1. The highest BCUT2D eigenvalue weighted by molar-refractivity contribution is 5.88. The molecule has 0 unspecified atom stereocenters. The van der Waals surface area contributed by atoms with Crippen molar-refractivity contribution in [2.75, 3.05) is 5.32 Å². The van der Waals surface area contributed by atoms with Gasteiger partial charge in [-0.05, 0) is 38.0 Å². The molecule has 146 valence electrons. The second kappa shape index (κ2) is 8.03. The van der Waals surface area contributed by atoms with Crippen molar-refractivity contribution in [3.63, 3.8) is 0 Å². The van der Waals surface area contributed by atoms with Gasteiger partial charge in [-0.15, -0.1) is 0 Å². The van der Waals surface area contributed by atoms with Crippen molar-refractivity contribution in [2.24, 2.45) is 0 Å². The number of nitrogens with one attached hydrogen (secondary N) is 3. The van der Waals surface area contributed by atoms with Crippen LogP contribution in [-0.2, 0) is 13.0 Å². The number of carbonyl (C=O) groups is 1. The number of aromatic nitrogens is 4. The number of hydrogen-bond acceptors (Lipinski definition) is 4. The van der Waals surface area contributed by atoms with Crippen molar-refractivity contribution < 1.29 is 9.18 Å². The van der Waals surface area contributed by atoms with Crippen molar-refractivity contribution in [3.05, 3.63) is 69.0 Å². The number of rotatable bonds is 5. The predicted molar refractivity (Wildman–Crippen MR) is 103 cm³/mol. The summed E-state index contributed by atoms with van der Waals surface area (Å²) in [5.41, 5.74) is 2.40. The largest absolute Gasteiger partial charge is 0.334 e. The van der Waals surface area contributed by atoms with E-state index < -0.39 is 6.03 Å². The molecule has 3 rings (SSSR count). The lowest BCUT2D eigenvalue weighted by Gasteiger charge is -2.11. The number of amides is 2. The second-order valence-electron chi connectivity index (χ2n) is 6.32. The first-order valence-corrected chi connectivity index (χ1v) is 8.83. The normalized spacial score (nSPS) is 10.7. The summed E-state index contributed by atoms with van der Waals surface area (Å²) in [6, 6.07) is 7.05. The predicted octanol–water partition coefficient (Wildman–Crippen LogP) is 2.60. The molecule has 1 aromatic carbocycles. The Morgan fingerprint density at radius 2 is 1.96 bits per heavy atom. The monoisotopic (exact) mass is 384 g/mol. The highest BCUT2D eigenvalue weighted by Gasteiger charge is 2.14. The molecule has 2 amide bonds. The minimum absolute atomic E-state index is 0.224. The Kier molecular flexibility index (Phi) is 5.53. The molecule has 0 aliphatic heterocycles. The summed E-state index contributed by atoms with van der Waals surface area (Å²) >= 11 is 0. The fourth-order valence-corrected chi connectivity index (χ4v) is 2.81. The van der Waals surface area contributed by atoms with E-state index in [1.54, 1.807) is 32.0 Å². The standard InChI is InChI=1S/C19H21FN6O2/c1-4-15-12(3)22-18(24-17(15)27)26-16(9-11(2)25-26)23-19(28)21-10-13-5-7-14(20)8-6-13/h5-9H,4,10H2,1-3H3,(H2,21,23,28)(H,22,24,27). The SMILES string of the molecule is CCc1c(C)nc(-n2nc(C)cc2NC(=O)NCc2ccc(F)cc2)[nH]c1=O. The number of urea groups is 1. The number of nitrogens with zero attached hydrogens (tertiary/aromatic N) is 3. The van der Waals surface area contributed by atoms with E-state index in [0.717, 1.165) is 5.56 Å². The summed E-state index contributed by atoms with van der Waals surface area (Å²) in [6.45, 7) is 5.65. The Morgan fingerprint density at radius 3 is 2.61 bits per heavy atom. The summed E-state index contributed by atoms with van der Waals surface area (Å²) in [7, 11) is 0. The third-order valence-corrected chi connectivity index (χ3v) is 4.20. The average Bonchev–Trinajstić information content (AvgIpc) is 3.01. The molecule has 0 radical (unpaired) electrons. The van der Waals surface area contributed by atoms with Crippen molar-refractivity contribution in [2.45, 2.75) is 33.7 Å². The molecule has 8 nitrogen and oxygen atoms in total. The Morgan fingerprint density at radius 1 is 1.25 bits per heavy atom. The number of halogens is 1. The van der Waals surface area contributed by atoms with Gasteiger partial charge in [0.05, 0.1) is 5.69 Å². The van der Waals surface area contributed by atoms with Gasteiger partial charge in [0.25, 0.3) is 5.56 Å². The Labute approximate surface area is 160 Å². The van der Waals surface area contributed by atoms with Crippen LogP contribution in [0, 0.1) is 19.7 Å². The molecule has 9 heteroatoms. The molecule has 0 aliphatic carbocycles. The van der Waals surface area contributed by atoms with Crippen molar-refractivity contribution in [3.8, 4) is 5.95 Å². The molecule has 28 heavy (non-hydrogen) atoms. The summed E-state index contributed by atoms with van der Waals surface area (Å²) in [6.07, 6.45) is 0.573. The van der Waals surface area contributed by atoms with Crippen LogP contribution in [0.4, 0.5) is 15.0 Å². The van der Waals surface area contributed by atoms with Crippen LogP contribution in [0.5, 0.6) is 0 Å². The zero-order valence-corrected chi connectivity index (χ0v) is 15.8. The quantitative estimate of drug-likeness (QED) is 0.629. The van der Waals surface area contributed by atoms with Crippen molar-refractivity contribution in [1.29, 1.82) is 0 Å². The molecule has 3 aromatic rings. The first-order valence-electron chi connectivity index (χ1n) is 8.83. The molecule has 2 heterocycles. The average molecular weight is 384 g/mol. The molecular weight excluding hydrogens is 363 g/mol. The van der Waals surface area contributed by atoms with Gasteiger partial charge in [0.2, 0.25) is 5.95 Å². The number of anilines is 1. The van der Waals surface area contributed by atoms with E-state index in [4.69, 9.17) is 0 Å². The molecule has 0 fully saturated rings. The molecule has 0 saturated carbocycles. The third-order valence-electron chi connectivity index (χ3n) is 4.20. The van der Waals surface area contributed by atoms with Gasteiger partial charge >= 0.3 is 6.03 Å². The number of aromatic amines is 1. The number of benzene rings is 1. The molecule has 3 N–H and O–H groups in total. The van der Waals surface area contributed by atoms with Gasteiger partial charge in [-0.1, -0.05) is 19.1 Å². The molecular formula is C19H21FN6O2. The van der Waals surface area contributed by atoms with E-state index in [-0.39, 0.29) is 23.9 Å². The van der Waals surface area contributed by atoms with Crippen LogP contribution in [0.1, 0.15) is 29.4 Å². The van der Waals surface area contributed by atoms with E-state index >= 15 is 0 Å². The molecule has 0 saturated heterocycles. The van der Waals surface area contributed by atoms with Gasteiger partial charge in [0.15, 0.2) is 0 Å². The first-order chi connectivity index (χ1) is 13.4. The van der Waals surface area contributed by atoms with Crippen LogP contribution in [0.15, 0.2) is 35.1 Å². The summed E-state index contributed by atoms with van der Waals surface area (Å²) < 4.78 is 14.3. The fourth-order valence-electron chi connectivity index (χ4n) is 2.81. The van der Waals surface area contributed by atoms with Gasteiger partial charge < -0.3 is 5.32 Å². The molecule has 2 aromatic heterocycles. The molecule has 0 atom stereocenters. The third kappa shape index (κ3) is 4.25. The number of carbonyl (C=O) groups excluding carboxylic acids is 1. The van der Waals surface area contributed by atoms with Gasteiger partial charge in [-0.25, -0.2) is 14.2 Å². The Hall–Kier alpha value is -3.49. The smallest absolute Gasteiger partial charge is 0.320 e. The lowest BCUT2D eigenvalue weighted by molar-refractivity contribution is 0.251. The maximum Gasteiger partial charge on any atom is 0.320 e. The van der Waals surface area contributed by atoms with Crippen molar-refractivity contribution >= 4 is 11.8 Å². The van der Waals surface area contributed by atoms with Gasteiger partial charge in [-0.2, -0.15) is 9.78 Å². The van der Waals surface area contributed by atoms with Crippen molar-refractivity contribution in [1.82, 2.24) is 25.1 Å². The number of aryl methyl sites for hydroxylation is 2.